The number of carboxylic acids is 1. The van der Waals surface area contributed by atoms with E-state index in [-0.39, 0.29) is 0 Å². The van der Waals surface area contributed by atoms with Crippen LogP contribution in [0.1, 0.15) is 24.8 Å². The fourth-order valence-corrected chi connectivity index (χ4v) is 3.85. The molecule has 0 radical (unpaired) electrons. The van der Waals surface area contributed by atoms with Gasteiger partial charge in [-0.1, -0.05) is 30.3 Å². The Morgan fingerprint density at radius 3 is 2.73 bits per heavy atom. The van der Waals surface area contributed by atoms with Crippen LogP contribution in [-0.2, 0) is 17.8 Å². The van der Waals surface area contributed by atoms with Crippen LogP contribution < -0.4 is 0 Å². The number of hydrogen-bond donors (Lipinski definition) is 2. The highest BCUT2D eigenvalue weighted by atomic mass is 16.4. The van der Waals surface area contributed by atoms with Crippen LogP contribution >= 0.6 is 0 Å². The van der Waals surface area contributed by atoms with Crippen molar-refractivity contribution in [2.75, 3.05) is 19.6 Å². The Morgan fingerprint density at radius 1 is 1.23 bits per heavy atom. The summed E-state index contributed by atoms with van der Waals surface area (Å²) >= 11 is 0. The minimum absolute atomic E-state index is 0.388. The third kappa shape index (κ3) is 4.31. The average Bonchev–Trinajstić information content (AvgIpc) is 3.16. The summed E-state index contributed by atoms with van der Waals surface area (Å²) in [6.45, 7) is 2.57. The van der Waals surface area contributed by atoms with Crippen LogP contribution in [0.3, 0.4) is 0 Å². The summed E-state index contributed by atoms with van der Waals surface area (Å²) in [4.78, 5) is 14.2. The predicted octanol–water partition coefficient (Wildman–Crippen LogP) is 2.04. The molecule has 0 aliphatic carbocycles. The van der Waals surface area contributed by atoms with E-state index in [0.29, 0.717) is 19.4 Å². The Kier molecular flexibility index (Phi) is 6.06. The van der Waals surface area contributed by atoms with Crippen molar-refractivity contribution in [1.29, 1.82) is 0 Å². The van der Waals surface area contributed by atoms with E-state index in [1.807, 2.05) is 35.1 Å². The highest BCUT2D eigenvalue weighted by Gasteiger charge is 2.48. The number of rotatable bonds is 8. The van der Waals surface area contributed by atoms with Gasteiger partial charge in [0.15, 0.2) is 0 Å². The smallest absolute Gasteiger partial charge is 0.313 e. The lowest BCUT2D eigenvalue weighted by Crippen LogP contribution is -2.56. The molecule has 2 aromatic rings. The Bertz CT molecular complexity index is 690. The quantitative estimate of drug-likeness (QED) is 0.756. The van der Waals surface area contributed by atoms with Crippen molar-refractivity contribution in [3.63, 3.8) is 0 Å². The van der Waals surface area contributed by atoms with Crippen molar-refractivity contribution in [3.8, 4) is 0 Å². The highest BCUT2D eigenvalue weighted by Crippen LogP contribution is 2.36. The number of aromatic nitrogens is 2. The molecule has 0 saturated carbocycles. The lowest BCUT2D eigenvalue weighted by atomic mass is 9.73. The van der Waals surface area contributed by atoms with Crippen molar-refractivity contribution in [2.24, 2.45) is 5.41 Å². The molecular formula is C20H27N3O3. The van der Waals surface area contributed by atoms with Crippen molar-refractivity contribution >= 4 is 5.97 Å². The first-order valence-corrected chi connectivity index (χ1v) is 9.25. The number of aliphatic carboxylic acids is 1. The van der Waals surface area contributed by atoms with Crippen LogP contribution in [0.15, 0.2) is 48.8 Å². The molecule has 6 heteroatoms. The van der Waals surface area contributed by atoms with Gasteiger partial charge in [0.1, 0.15) is 5.41 Å². The second kappa shape index (κ2) is 8.47. The van der Waals surface area contributed by atoms with Crippen molar-refractivity contribution in [1.82, 2.24) is 14.7 Å². The second-order valence-corrected chi connectivity index (χ2v) is 7.15. The van der Waals surface area contributed by atoms with Crippen molar-refractivity contribution in [3.05, 3.63) is 54.4 Å². The number of hydrogen-bond acceptors (Lipinski definition) is 4. The lowest BCUT2D eigenvalue weighted by molar-refractivity contribution is -0.164. The van der Waals surface area contributed by atoms with Gasteiger partial charge in [-0.15, -0.1) is 0 Å². The van der Waals surface area contributed by atoms with Crippen LogP contribution in [0.2, 0.25) is 0 Å². The maximum absolute atomic E-state index is 12.1. The number of carboxylic acid groups (broad SMARTS) is 1. The van der Waals surface area contributed by atoms with Gasteiger partial charge in [-0.05, 0) is 37.3 Å². The zero-order chi connectivity index (χ0) is 18.4. The molecule has 26 heavy (non-hydrogen) atoms. The second-order valence-electron chi connectivity index (χ2n) is 7.15. The van der Waals surface area contributed by atoms with Gasteiger partial charge in [0.05, 0.1) is 12.6 Å². The first-order valence-electron chi connectivity index (χ1n) is 9.25. The molecule has 2 atom stereocenters. The maximum Gasteiger partial charge on any atom is 0.313 e. The number of aryl methyl sites for hydroxylation is 1. The fourth-order valence-electron chi connectivity index (χ4n) is 3.85. The molecule has 0 amide bonds. The van der Waals surface area contributed by atoms with Gasteiger partial charge in [-0.25, -0.2) is 0 Å². The molecule has 140 valence electrons. The van der Waals surface area contributed by atoms with E-state index in [1.54, 1.807) is 6.20 Å². The van der Waals surface area contributed by atoms with Gasteiger partial charge in [-0.3, -0.25) is 9.48 Å². The van der Waals surface area contributed by atoms with Crippen molar-refractivity contribution < 1.29 is 15.0 Å². The van der Waals surface area contributed by atoms with Gasteiger partial charge in [-0.2, -0.15) is 5.10 Å². The molecule has 1 fully saturated rings. The van der Waals surface area contributed by atoms with E-state index in [1.165, 1.54) is 5.56 Å². The number of carbonyl (C=O) groups is 1. The summed E-state index contributed by atoms with van der Waals surface area (Å²) < 4.78 is 1.85. The lowest BCUT2D eigenvalue weighted by Gasteiger charge is -2.43. The molecule has 2 N–H and O–H groups in total. The number of aliphatic hydroxyl groups is 1. The van der Waals surface area contributed by atoms with Gasteiger partial charge in [0, 0.05) is 32.0 Å². The summed E-state index contributed by atoms with van der Waals surface area (Å²) in [7, 11) is 0. The maximum atomic E-state index is 12.1. The molecule has 3 rings (SSSR count). The van der Waals surface area contributed by atoms with Crippen LogP contribution in [0.5, 0.6) is 0 Å². The summed E-state index contributed by atoms with van der Waals surface area (Å²) in [6, 6.07) is 12.0. The van der Waals surface area contributed by atoms with E-state index in [4.69, 9.17) is 0 Å². The predicted molar refractivity (Wildman–Crippen MR) is 98.7 cm³/mol. The van der Waals surface area contributed by atoms with Gasteiger partial charge in [0.25, 0.3) is 0 Å². The molecule has 1 aliphatic rings. The topological polar surface area (TPSA) is 78.6 Å². The zero-order valence-electron chi connectivity index (χ0n) is 15.0. The third-order valence-corrected chi connectivity index (χ3v) is 5.42. The van der Waals surface area contributed by atoms with Crippen molar-refractivity contribution in [2.45, 2.75) is 38.3 Å². The number of likely N-dealkylation sites (tertiary alicyclic amines) is 1. The molecule has 1 aromatic carbocycles. The van der Waals surface area contributed by atoms with Crippen LogP contribution in [-0.4, -0.2) is 56.6 Å². The first-order chi connectivity index (χ1) is 12.6. The Labute approximate surface area is 154 Å². The van der Waals surface area contributed by atoms with E-state index in [9.17, 15) is 15.0 Å². The van der Waals surface area contributed by atoms with E-state index in [2.05, 4.69) is 22.1 Å². The number of benzene rings is 1. The summed E-state index contributed by atoms with van der Waals surface area (Å²) in [5.74, 6) is -0.887. The monoisotopic (exact) mass is 357 g/mol. The molecule has 2 heterocycles. The first kappa shape index (κ1) is 18.6. The molecule has 0 bridgehead atoms. The standard InChI is InChI=1S/C20H27N3O3/c24-18-9-13-22(14-15-23-12-5-11-21-23)16-20(18,19(25)26)10-4-8-17-6-2-1-3-7-17/h1-3,5-7,11-12,18,24H,4,8-10,13-16H2,(H,25,26)/t18-,20+/m0/s1. The largest absolute Gasteiger partial charge is 0.481 e. The van der Waals surface area contributed by atoms with E-state index >= 15 is 0 Å². The fraction of sp³-hybridized carbons (Fsp3) is 0.500. The summed E-state index contributed by atoms with van der Waals surface area (Å²) in [6.07, 6.45) is 5.41. The molecular weight excluding hydrogens is 330 g/mol. The molecule has 0 unspecified atom stereocenters. The Hall–Kier alpha value is -2.18. The Morgan fingerprint density at radius 2 is 2.04 bits per heavy atom. The average molecular weight is 357 g/mol. The SMILES string of the molecule is O=C(O)[C@]1(CCCc2ccccc2)CN(CCn2cccn2)CC[C@@H]1O. The number of piperidine rings is 1. The van der Waals surface area contributed by atoms with Crippen LogP contribution in [0.4, 0.5) is 0 Å². The Balaban J connectivity index is 1.61. The number of aliphatic hydroxyl groups excluding tert-OH is 1. The third-order valence-electron chi connectivity index (χ3n) is 5.42. The summed E-state index contributed by atoms with van der Waals surface area (Å²) in [5, 5.41) is 24.6. The molecule has 1 aliphatic heterocycles. The molecule has 1 saturated heterocycles. The van der Waals surface area contributed by atoms with Gasteiger partial charge in [0.2, 0.25) is 0 Å². The molecule has 6 nitrogen and oxygen atoms in total. The zero-order valence-corrected chi connectivity index (χ0v) is 15.0. The van der Waals surface area contributed by atoms with Crippen LogP contribution in [0, 0.1) is 5.41 Å². The van der Waals surface area contributed by atoms with Crippen LogP contribution in [0.25, 0.3) is 0 Å². The summed E-state index contributed by atoms with van der Waals surface area (Å²) in [5.41, 5.74) is 0.116. The van der Waals surface area contributed by atoms with E-state index < -0.39 is 17.5 Å². The van der Waals surface area contributed by atoms with Gasteiger partial charge < -0.3 is 15.1 Å². The molecule has 0 spiro atoms. The normalized spacial score (nSPS) is 23.8. The van der Waals surface area contributed by atoms with E-state index in [0.717, 1.165) is 32.5 Å². The minimum atomic E-state index is -1.09. The number of nitrogens with zero attached hydrogens (tertiary/aromatic N) is 3. The minimum Gasteiger partial charge on any atom is -0.481 e. The highest BCUT2D eigenvalue weighted by molar-refractivity contribution is 5.76. The van der Waals surface area contributed by atoms with Gasteiger partial charge >= 0.3 is 5.97 Å². The molecule has 1 aromatic heterocycles.